The fraction of sp³-hybridized carbons (Fsp3) is 0.242. The Morgan fingerprint density at radius 2 is 1.81 bits per heavy atom. The Kier molecular flexibility index (Phi) is 9.01. The van der Waals surface area contributed by atoms with Crippen molar-refractivity contribution in [1.29, 1.82) is 0 Å². The largest absolute Gasteiger partial charge is 0.368 e. The first-order chi connectivity index (χ1) is 20.7. The minimum absolute atomic E-state index is 0.210. The molecule has 10 heteroatoms. The van der Waals surface area contributed by atoms with Crippen LogP contribution in [0.1, 0.15) is 40.9 Å². The number of rotatable bonds is 8. The van der Waals surface area contributed by atoms with Gasteiger partial charge < -0.3 is 20.9 Å². The van der Waals surface area contributed by atoms with Crippen LogP contribution in [0.4, 0.5) is 0 Å². The Morgan fingerprint density at radius 3 is 2.56 bits per heavy atom. The molecule has 0 bridgehead atoms. The van der Waals surface area contributed by atoms with Crippen molar-refractivity contribution in [1.82, 2.24) is 20.1 Å². The minimum Gasteiger partial charge on any atom is -0.368 e. The molecule has 3 unspecified atom stereocenters. The summed E-state index contributed by atoms with van der Waals surface area (Å²) in [4.78, 5) is 60.8. The number of amides is 4. The highest BCUT2D eigenvalue weighted by molar-refractivity contribution is 6.30. The highest BCUT2D eigenvalue weighted by atomic mass is 35.5. The number of aromatic nitrogens is 1. The summed E-state index contributed by atoms with van der Waals surface area (Å²) < 4.78 is 0. The second-order valence-electron chi connectivity index (χ2n) is 10.6. The number of benzene rings is 3. The Morgan fingerprint density at radius 1 is 1.05 bits per heavy atom. The third-order valence-electron chi connectivity index (χ3n) is 7.83. The summed E-state index contributed by atoms with van der Waals surface area (Å²) >= 11 is 6.33. The van der Waals surface area contributed by atoms with E-state index < -0.39 is 41.8 Å². The van der Waals surface area contributed by atoms with E-state index in [-0.39, 0.29) is 19.5 Å². The molecule has 1 saturated heterocycles. The Hall–Kier alpha value is -4.76. The summed E-state index contributed by atoms with van der Waals surface area (Å²) in [6.45, 7) is 1.72. The van der Waals surface area contributed by atoms with Crippen molar-refractivity contribution in [3.8, 4) is 0 Å². The smallest absolute Gasteiger partial charge is 0.253 e. The maximum Gasteiger partial charge on any atom is 0.253 e. The lowest BCUT2D eigenvalue weighted by Gasteiger charge is -2.36. The molecule has 0 aliphatic carbocycles. The third kappa shape index (κ3) is 6.52. The third-order valence-corrected chi connectivity index (χ3v) is 8.07. The zero-order valence-corrected chi connectivity index (χ0v) is 24.4. The molecule has 0 saturated carbocycles. The molecule has 3 N–H and O–H groups in total. The molecule has 0 spiro atoms. The lowest BCUT2D eigenvalue weighted by Crippen LogP contribution is -2.53. The number of nitrogens with one attached hydrogen (secondary N) is 1. The van der Waals surface area contributed by atoms with E-state index in [0.717, 1.165) is 16.3 Å². The van der Waals surface area contributed by atoms with Crippen LogP contribution in [-0.2, 0) is 20.8 Å². The van der Waals surface area contributed by atoms with Crippen LogP contribution in [0.5, 0.6) is 0 Å². The van der Waals surface area contributed by atoms with Crippen molar-refractivity contribution in [3.63, 3.8) is 0 Å². The molecular weight excluding hydrogens is 566 g/mol. The van der Waals surface area contributed by atoms with Crippen LogP contribution < -0.4 is 11.1 Å². The van der Waals surface area contributed by atoms with Gasteiger partial charge in [0, 0.05) is 36.4 Å². The maximum absolute atomic E-state index is 14.5. The number of hydrogen-bond acceptors (Lipinski definition) is 5. The average Bonchev–Trinajstić information content (AvgIpc) is 3.14. The van der Waals surface area contributed by atoms with Gasteiger partial charge in [-0.05, 0) is 59.5 Å². The lowest BCUT2D eigenvalue weighted by molar-refractivity contribution is -0.148. The number of primary amides is 1. The normalized spacial score (nSPS) is 17.8. The summed E-state index contributed by atoms with van der Waals surface area (Å²) in [6, 6.07) is 21.2. The highest BCUT2D eigenvalue weighted by Gasteiger charge is 2.43. The van der Waals surface area contributed by atoms with Crippen LogP contribution in [0.15, 0.2) is 91.3 Å². The summed E-state index contributed by atoms with van der Waals surface area (Å²) in [5.74, 6) is -1.99. The van der Waals surface area contributed by atoms with E-state index in [4.69, 9.17) is 17.3 Å². The van der Waals surface area contributed by atoms with Gasteiger partial charge in [0.1, 0.15) is 12.1 Å². The van der Waals surface area contributed by atoms with Crippen LogP contribution in [-0.4, -0.2) is 63.6 Å². The molecule has 43 heavy (non-hydrogen) atoms. The lowest BCUT2D eigenvalue weighted by atomic mass is 9.96. The number of carbonyl (C=O) groups excluding carboxylic acids is 4. The van der Waals surface area contributed by atoms with Crippen LogP contribution in [0.2, 0.25) is 5.02 Å². The van der Waals surface area contributed by atoms with Crippen molar-refractivity contribution in [2.24, 2.45) is 5.73 Å². The van der Waals surface area contributed by atoms with Gasteiger partial charge >= 0.3 is 0 Å². The average molecular weight is 598 g/mol. The molecule has 4 amide bonds. The van der Waals surface area contributed by atoms with Crippen LogP contribution >= 0.6 is 11.6 Å². The molecule has 9 nitrogen and oxygen atoms in total. The monoisotopic (exact) mass is 597 g/mol. The number of hydrogen-bond donors (Lipinski definition) is 2. The predicted octanol–water partition coefficient (Wildman–Crippen LogP) is 3.91. The standard InChI is InChI=1S/C33H32ClN5O4/c1-21-14-16-38(28(31(35)41)18-23-9-4-8-22-7-2-3-13-27(22)23)33(43)30(24-10-5-12-26(34)17-24)39(21)29(40)20-37-32(42)25-11-6-15-36-19-25/h2-13,15,17,19,21,28,30H,14,16,18,20H2,1H3,(H2,35,41)(H,37,42). The molecule has 4 aromatic rings. The van der Waals surface area contributed by atoms with Gasteiger partial charge in [-0.15, -0.1) is 0 Å². The van der Waals surface area contributed by atoms with Crippen molar-refractivity contribution >= 4 is 46.0 Å². The molecule has 220 valence electrons. The Balaban J connectivity index is 1.48. The zero-order chi connectivity index (χ0) is 30.5. The van der Waals surface area contributed by atoms with Gasteiger partial charge in [-0.1, -0.05) is 66.2 Å². The molecule has 5 rings (SSSR count). The highest BCUT2D eigenvalue weighted by Crippen LogP contribution is 2.33. The van der Waals surface area contributed by atoms with Gasteiger partial charge in [-0.2, -0.15) is 0 Å². The van der Waals surface area contributed by atoms with Gasteiger partial charge in [-0.3, -0.25) is 24.2 Å². The number of halogens is 1. The van der Waals surface area contributed by atoms with Crippen molar-refractivity contribution in [3.05, 3.63) is 113 Å². The molecule has 1 aromatic heterocycles. The van der Waals surface area contributed by atoms with E-state index in [1.165, 1.54) is 16.0 Å². The first-order valence-corrected chi connectivity index (χ1v) is 14.4. The van der Waals surface area contributed by atoms with E-state index in [1.807, 2.05) is 49.4 Å². The van der Waals surface area contributed by atoms with Crippen LogP contribution in [0.3, 0.4) is 0 Å². The predicted molar refractivity (Wildman–Crippen MR) is 164 cm³/mol. The fourth-order valence-electron chi connectivity index (χ4n) is 5.67. The van der Waals surface area contributed by atoms with E-state index in [2.05, 4.69) is 10.3 Å². The van der Waals surface area contributed by atoms with E-state index in [9.17, 15) is 19.2 Å². The van der Waals surface area contributed by atoms with Crippen LogP contribution in [0, 0.1) is 0 Å². The first kappa shape index (κ1) is 29.7. The molecule has 1 aliphatic heterocycles. The maximum atomic E-state index is 14.5. The Bertz CT molecular complexity index is 1660. The number of fused-ring (bicyclic) bond motifs is 1. The molecular formula is C33H32ClN5O4. The fourth-order valence-corrected chi connectivity index (χ4v) is 5.87. The number of nitrogens with zero attached hydrogens (tertiary/aromatic N) is 3. The van der Waals surface area contributed by atoms with E-state index in [0.29, 0.717) is 22.6 Å². The van der Waals surface area contributed by atoms with E-state index in [1.54, 1.807) is 42.6 Å². The molecule has 1 fully saturated rings. The summed E-state index contributed by atoms with van der Waals surface area (Å²) in [5.41, 5.74) is 7.65. The SMILES string of the molecule is CC1CCN(C(Cc2cccc3ccccc23)C(N)=O)C(=O)C(c2cccc(Cl)c2)N1C(=O)CNC(=O)c1cccnc1. The van der Waals surface area contributed by atoms with Crippen molar-refractivity contribution in [2.75, 3.05) is 13.1 Å². The number of nitrogens with two attached hydrogens (primary N) is 1. The second-order valence-corrected chi connectivity index (χ2v) is 11.0. The zero-order valence-electron chi connectivity index (χ0n) is 23.7. The quantitative estimate of drug-likeness (QED) is 0.319. The van der Waals surface area contributed by atoms with Gasteiger partial charge in [0.25, 0.3) is 11.8 Å². The number of pyridine rings is 1. The molecule has 2 heterocycles. The van der Waals surface area contributed by atoms with Gasteiger partial charge in [0.05, 0.1) is 12.1 Å². The van der Waals surface area contributed by atoms with Gasteiger partial charge in [-0.25, -0.2) is 0 Å². The second kappa shape index (κ2) is 13.0. The van der Waals surface area contributed by atoms with Crippen molar-refractivity contribution in [2.45, 2.75) is 37.9 Å². The summed E-state index contributed by atoms with van der Waals surface area (Å²) in [5, 5.41) is 5.02. The molecule has 3 atom stereocenters. The topological polar surface area (TPSA) is 126 Å². The first-order valence-electron chi connectivity index (χ1n) is 14.1. The molecule has 3 aromatic carbocycles. The van der Waals surface area contributed by atoms with Gasteiger partial charge in [0.15, 0.2) is 0 Å². The summed E-state index contributed by atoms with van der Waals surface area (Å²) in [7, 11) is 0. The Labute approximate surface area is 254 Å². The molecule has 1 aliphatic rings. The van der Waals surface area contributed by atoms with Crippen molar-refractivity contribution < 1.29 is 19.2 Å². The van der Waals surface area contributed by atoms with E-state index >= 15 is 0 Å². The van der Waals surface area contributed by atoms with Gasteiger partial charge in [0.2, 0.25) is 11.8 Å². The van der Waals surface area contributed by atoms with Crippen LogP contribution in [0.25, 0.3) is 10.8 Å². The summed E-state index contributed by atoms with van der Waals surface area (Å²) in [6.07, 6.45) is 3.57. The number of carbonyl (C=O) groups is 4. The molecule has 0 radical (unpaired) electrons. The minimum atomic E-state index is -1.09.